The van der Waals surface area contributed by atoms with Gasteiger partial charge in [0.1, 0.15) is 0 Å². The van der Waals surface area contributed by atoms with Gasteiger partial charge in [-0.2, -0.15) is 0 Å². The van der Waals surface area contributed by atoms with Crippen molar-refractivity contribution >= 4 is 5.97 Å². The number of carbonyl (C=O) groups excluding carboxylic acids is 1. The Morgan fingerprint density at radius 3 is 2.56 bits per heavy atom. The van der Waals surface area contributed by atoms with E-state index >= 15 is 0 Å². The van der Waals surface area contributed by atoms with Gasteiger partial charge >= 0.3 is 5.97 Å². The first-order chi connectivity index (χ1) is 8.67. The third kappa shape index (κ3) is 4.23. The summed E-state index contributed by atoms with van der Waals surface area (Å²) in [5.41, 5.74) is 5.40. The van der Waals surface area contributed by atoms with E-state index in [9.17, 15) is 4.79 Å². The van der Waals surface area contributed by atoms with Gasteiger partial charge in [0.2, 0.25) is 0 Å². The highest BCUT2D eigenvalue weighted by molar-refractivity contribution is 5.74. The molecule has 106 valence electrons. The van der Waals surface area contributed by atoms with Gasteiger partial charge in [-0.3, -0.25) is 0 Å². The Morgan fingerprint density at radius 1 is 1.39 bits per heavy atom. The van der Waals surface area contributed by atoms with Gasteiger partial charge in [0.15, 0.2) is 6.10 Å². The van der Waals surface area contributed by atoms with Crippen LogP contribution in [0.5, 0.6) is 0 Å². The molecule has 0 bridgehead atoms. The Morgan fingerprint density at radius 2 is 2.06 bits per heavy atom. The van der Waals surface area contributed by atoms with Crippen LogP contribution in [0.1, 0.15) is 39.5 Å². The smallest absolute Gasteiger partial charge is 0.335 e. The van der Waals surface area contributed by atoms with E-state index in [-0.39, 0.29) is 5.97 Å². The highest BCUT2D eigenvalue weighted by Gasteiger charge is 2.37. The highest BCUT2D eigenvalue weighted by Crippen LogP contribution is 2.27. The molecule has 1 aliphatic heterocycles. The summed E-state index contributed by atoms with van der Waals surface area (Å²) < 4.78 is 16.4. The molecular formula is C13H25NO4. The summed E-state index contributed by atoms with van der Waals surface area (Å²) in [5.74, 6) is -0.279. The van der Waals surface area contributed by atoms with E-state index in [0.717, 1.165) is 19.3 Å². The Hall–Kier alpha value is -0.650. The third-order valence-corrected chi connectivity index (χ3v) is 3.27. The van der Waals surface area contributed by atoms with E-state index in [4.69, 9.17) is 19.9 Å². The highest BCUT2D eigenvalue weighted by atomic mass is 16.6. The number of carbonyl (C=O) groups is 1. The van der Waals surface area contributed by atoms with Gasteiger partial charge in [-0.25, -0.2) is 4.79 Å². The van der Waals surface area contributed by atoms with E-state index in [1.54, 1.807) is 6.92 Å². The summed E-state index contributed by atoms with van der Waals surface area (Å²) in [6.45, 7) is 5.89. The fourth-order valence-electron chi connectivity index (χ4n) is 2.14. The summed E-state index contributed by atoms with van der Waals surface area (Å²) in [6, 6.07) is 0. The Balaban J connectivity index is 2.64. The molecule has 5 heteroatoms. The zero-order valence-electron chi connectivity index (χ0n) is 11.4. The minimum atomic E-state index is -0.503. The van der Waals surface area contributed by atoms with E-state index in [1.807, 2.05) is 6.92 Å². The molecule has 0 aromatic rings. The fraction of sp³-hybridized carbons (Fsp3) is 0.923. The van der Waals surface area contributed by atoms with Gasteiger partial charge in [0, 0.05) is 32.6 Å². The van der Waals surface area contributed by atoms with Crippen molar-refractivity contribution in [1.29, 1.82) is 0 Å². The quantitative estimate of drug-likeness (QED) is 0.697. The largest absolute Gasteiger partial charge is 0.464 e. The van der Waals surface area contributed by atoms with E-state index in [0.29, 0.717) is 32.8 Å². The molecule has 1 heterocycles. The van der Waals surface area contributed by atoms with Gasteiger partial charge in [0.25, 0.3) is 0 Å². The Kier molecular flexibility index (Phi) is 6.60. The van der Waals surface area contributed by atoms with E-state index < -0.39 is 11.7 Å². The number of nitrogens with two attached hydrogens (primary N) is 1. The van der Waals surface area contributed by atoms with Crippen LogP contribution in [0.15, 0.2) is 0 Å². The zero-order valence-corrected chi connectivity index (χ0v) is 11.4. The molecule has 0 aromatic carbocycles. The maximum absolute atomic E-state index is 11.8. The molecule has 0 saturated carbocycles. The molecule has 1 atom stereocenters. The van der Waals surface area contributed by atoms with Crippen molar-refractivity contribution in [2.24, 2.45) is 5.73 Å². The second-order valence-corrected chi connectivity index (χ2v) is 4.65. The minimum absolute atomic E-state index is 0.279. The van der Waals surface area contributed by atoms with Gasteiger partial charge in [-0.1, -0.05) is 13.3 Å². The van der Waals surface area contributed by atoms with Crippen LogP contribution < -0.4 is 5.73 Å². The van der Waals surface area contributed by atoms with Gasteiger partial charge in [-0.15, -0.1) is 0 Å². The molecule has 1 fully saturated rings. The number of ether oxygens (including phenoxy) is 3. The van der Waals surface area contributed by atoms with Crippen molar-refractivity contribution in [3.63, 3.8) is 0 Å². The maximum Gasteiger partial charge on any atom is 0.335 e. The summed E-state index contributed by atoms with van der Waals surface area (Å²) in [4.78, 5) is 11.8. The average molecular weight is 259 g/mol. The van der Waals surface area contributed by atoms with Crippen LogP contribution in [-0.4, -0.2) is 44.0 Å². The lowest BCUT2D eigenvalue weighted by molar-refractivity contribution is -0.180. The molecule has 0 spiro atoms. The summed E-state index contributed by atoms with van der Waals surface area (Å²) >= 11 is 0. The molecule has 2 N–H and O–H groups in total. The van der Waals surface area contributed by atoms with Crippen molar-refractivity contribution in [3.8, 4) is 0 Å². The number of hydrogen-bond donors (Lipinski definition) is 1. The monoisotopic (exact) mass is 259 g/mol. The lowest BCUT2D eigenvalue weighted by atomic mass is 9.93. The van der Waals surface area contributed by atoms with Crippen LogP contribution in [0.2, 0.25) is 0 Å². The molecule has 0 amide bonds. The predicted octanol–water partition coefficient (Wildman–Crippen LogP) is 1.24. The summed E-state index contributed by atoms with van der Waals surface area (Å²) in [7, 11) is 0. The van der Waals surface area contributed by atoms with Crippen LogP contribution in [0.25, 0.3) is 0 Å². The summed E-state index contributed by atoms with van der Waals surface area (Å²) in [6.07, 6.45) is 2.52. The SMILES string of the molecule is CCCC(OC1(CN)CCOCC1)C(=O)OCC. The second kappa shape index (κ2) is 7.71. The summed E-state index contributed by atoms with van der Waals surface area (Å²) in [5, 5.41) is 0. The molecule has 5 nitrogen and oxygen atoms in total. The molecule has 0 aliphatic carbocycles. The topological polar surface area (TPSA) is 70.8 Å². The molecule has 1 rings (SSSR count). The second-order valence-electron chi connectivity index (χ2n) is 4.65. The fourth-order valence-corrected chi connectivity index (χ4v) is 2.14. The van der Waals surface area contributed by atoms with Crippen molar-refractivity contribution in [3.05, 3.63) is 0 Å². The third-order valence-electron chi connectivity index (χ3n) is 3.27. The average Bonchev–Trinajstić information content (AvgIpc) is 2.39. The lowest BCUT2D eigenvalue weighted by Crippen LogP contribution is -2.49. The Labute approximate surface area is 109 Å². The minimum Gasteiger partial charge on any atom is -0.464 e. The number of hydrogen-bond acceptors (Lipinski definition) is 5. The zero-order chi connectivity index (χ0) is 13.4. The molecule has 1 unspecified atom stereocenters. The number of rotatable bonds is 7. The molecule has 1 aliphatic rings. The van der Waals surface area contributed by atoms with Gasteiger partial charge < -0.3 is 19.9 Å². The first kappa shape index (κ1) is 15.4. The Bertz CT molecular complexity index is 251. The molecule has 18 heavy (non-hydrogen) atoms. The van der Waals surface area contributed by atoms with Crippen molar-refractivity contribution in [2.45, 2.75) is 51.2 Å². The van der Waals surface area contributed by atoms with Gasteiger partial charge in [0.05, 0.1) is 12.2 Å². The van der Waals surface area contributed by atoms with Gasteiger partial charge in [-0.05, 0) is 13.3 Å². The van der Waals surface area contributed by atoms with Crippen LogP contribution in [0, 0.1) is 0 Å². The van der Waals surface area contributed by atoms with Crippen LogP contribution in [0.4, 0.5) is 0 Å². The molecule has 0 aromatic heterocycles. The first-order valence-electron chi connectivity index (χ1n) is 6.79. The van der Waals surface area contributed by atoms with Crippen LogP contribution >= 0.6 is 0 Å². The molecule has 0 radical (unpaired) electrons. The van der Waals surface area contributed by atoms with Crippen LogP contribution in [0.3, 0.4) is 0 Å². The number of esters is 1. The lowest BCUT2D eigenvalue weighted by Gasteiger charge is -2.38. The normalized spacial score (nSPS) is 20.4. The first-order valence-corrected chi connectivity index (χ1v) is 6.79. The standard InChI is InChI=1S/C13H25NO4/c1-3-5-11(12(15)17-4-2)18-13(10-14)6-8-16-9-7-13/h11H,3-10,14H2,1-2H3. The van der Waals surface area contributed by atoms with Crippen LogP contribution in [-0.2, 0) is 19.0 Å². The van der Waals surface area contributed by atoms with Crippen molar-refractivity contribution < 1.29 is 19.0 Å². The maximum atomic E-state index is 11.8. The molecule has 1 saturated heterocycles. The van der Waals surface area contributed by atoms with E-state index in [2.05, 4.69) is 0 Å². The predicted molar refractivity (Wildman–Crippen MR) is 68.3 cm³/mol. The van der Waals surface area contributed by atoms with Crippen molar-refractivity contribution in [2.75, 3.05) is 26.4 Å². The van der Waals surface area contributed by atoms with E-state index in [1.165, 1.54) is 0 Å². The van der Waals surface area contributed by atoms with Crippen molar-refractivity contribution in [1.82, 2.24) is 0 Å². The molecular weight excluding hydrogens is 234 g/mol.